The fraction of sp³-hybridized carbons (Fsp3) is 0.111. The Hall–Kier alpha value is -4.12. The fourth-order valence-electron chi connectivity index (χ4n) is 3.54. The highest BCUT2D eigenvalue weighted by atomic mass is 16.5. The van der Waals surface area contributed by atoms with Gasteiger partial charge in [-0.05, 0) is 98.1 Å². The molecule has 0 aliphatic carbocycles. The highest BCUT2D eigenvalue weighted by Gasteiger charge is 2.19. The lowest BCUT2D eigenvalue weighted by atomic mass is 10.1. The van der Waals surface area contributed by atoms with Gasteiger partial charge < -0.3 is 25.0 Å². The molecule has 0 spiro atoms. The van der Waals surface area contributed by atoms with E-state index in [1.165, 1.54) is 0 Å². The van der Waals surface area contributed by atoms with Crippen LogP contribution in [0.3, 0.4) is 0 Å². The number of aromatic hydroxyl groups is 3. The maximum absolute atomic E-state index is 10.6. The van der Waals surface area contributed by atoms with E-state index in [4.69, 9.17) is 4.74 Å². The lowest BCUT2D eigenvalue weighted by Gasteiger charge is -2.27. The maximum atomic E-state index is 10.6. The minimum Gasteiger partial charge on any atom is -0.506 e. The number of hydrogen-bond acceptors (Lipinski definition) is 5. The van der Waals surface area contributed by atoms with Gasteiger partial charge in [-0.3, -0.25) is 0 Å². The first-order valence-corrected chi connectivity index (χ1v) is 10.3. The van der Waals surface area contributed by atoms with E-state index in [0.29, 0.717) is 22.9 Å². The van der Waals surface area contributed by atoms with Crippen LogP contribution in [-0.4, -0.2) is 15.3 Å². The summed E-state index contributed by atoms with van der Waals surface area (Å²) in [6.07, 6.45) is 0. The summed E-state index contributed by atoms with van der Waals surface area (Å²) in [6.45, 7) is 5.79. The van der Waals surface area contributed by atoms with Crippen molar-refractivity contribution >= 4 is 17.1 Å². The zero-order valence-electron chi connectivity index (χ0n) is 18.2. The Morgan fingerprint density at radius 1 is 0.562 bits per heavy atom. The van der Waals surface area contributed by atoms with Crippen LogP contribution in [0.15, 0.2) is 78.9 Å². The summed E-state index contributed by atoms with van der Waals surface area (Å²) < 4.78 is 5.83. The van der Waals surface area contributed by atoms with E-state index in [-0.39, 0.29) is 17.2 Å². The molecule has 5 heteroatoms. The Labute approximate surface area is 187 Å². The molecule has 32 heavy (non-hydrogen) atoms. The average Bonchev–Trinajstić information content (AvgIpc) is 2.76. The Morgan fingerprint density at radius 2 is 1.06 bits per heavy atom. The molecule has 3 N–H and O–H groups in total. The van der Waals surface area contributed by atoms with E-state index >= 15 is 0 Å². The second kappa shape index (κ2) is 8.55. The number of aryl methyl sites for hydroxylation is 3. The lowest BCUT2D eigenvalue weighted by molar-refractivity contribution is 0.411. The minimum absolute atomic E-state index is 0.0741. The van der Waals surface area contributed by atoms with Crippen LogP contribution in [0.2, 0.25) is 0 Å². The quantitative estimate of drug-likeness (QED) is 0.320. The van der Waals surface area contributed by atoms with Gasteiger partial charge in [-0.1, -0.05) is 18.2 Å². The molecule has 0 aliphatic heterocycles. The summed E-state index contributed by atoms with van der Waals surface area (Å²) in [5, 5.41) is 31.3. The van der Waals surface area contributed by atoms with Crippen molar-refractivity contribution in [3.8, 4) is 28.7 Å². The van der Waals surface area contributed by atoms with E-state index in [1.54, 1.807) is 41.3 Å². The van der Waals surface area contributed by atoms with E-state index in [0.717, 1.165) is 22.4 Å². The zero-order chi connectivity index (χ0) is 22.8. The van der Waals surface area contributed by atoms with Gasteiger partial charge in [0, 0.05) is 5.69 Å². The van der Waals surface area contributed by atoms with Crippen LogP contribution in [0.1, 0.15) is 16.7 Å². The molecule has 4 rings (SSSR count). The van der Waals surface area contributed by atoms with Crippen molar-refractivity contribution in [1.82, 2.24) is 0 Å². The number of phenolic OH excluding ortho intramolecular Hbond substituents is 3. The van der Waals surface area contributed by atoms with Crippen LogP contribution < -0.4 is 9.64 Å². The summed E-state index contributed by atoms with van der Waals surface area (Å²) in [4.78, 5) is 1.80. The second-order valence-electron chi connectivity index (χ2n) is 7.89. The first kappa shape index (κ1) is 21.1. The molecule has 0 heterocycles. The van der Waals surface area contributed by atoms with Crippen molar-refractivity contribution in [2.75, 3.05) is 4.90 Å². The van der Waals surface area contributed by atoms with Crippen LogP contribution in [-0.2, 0) is 0 Å². The smallest absolute Gasteiger partial charge is 0.169 e. The normalized spacial score (nSPS) is 10.7. The van der Waals surface area contributed by atoms with Crippen LogP contribution in [0.25, 0.3) is 0 Å². The summed E-state index contributed by atoms with van der Waals surface area (Å²) in [5.74, 6) is 1.19. The van der Waals surface area contributed by atoms with Crippen molar-refractivity contribution in [2.24, 2.45) is 0 Å². The predicted octanol–water partition coefficient (Wildman–Crippen LogP) is 6.99. The topological polar surface area (TPSA) is 73.2 Å². The van der Waals surface area contributed by atoms with Gasteiger partial charge >= 0.3 is 0 Å². The first-order chi connectivity index (χ1) is 15.3. The standard InChI is InChI=1S/C27H25NO4/c1-17-4-11-24(29)22(14-17)28(23-15-18(2)5-12-25(23)30)20-7-9-21(10-8-20)32-27-13-6-19(3)16-26(27)31/h4-16,29-31H,1-3H3. The monoisotopic (exact) mass is 427 g/mol. The molecule has 0 amide bonds. The number of hydrogen-bond donors (Lipinski definition) is 3. The van der Waals surface area contributed by atoms with Crippen molar-refractivity contribution < 1.29 is 20.1 Å². The zero-order valence-corrected chi connectivity index (χ0v) is 18.2. The summed E-state index contributed by atoms with van der Waals surface area (Å²) >= 11 is 0. The molecule has 4 aromatic carbocycles. The molecule has 0 saturated carbocycles. The molecule has 162 valence electrons. The molecule has 0 atom stereocenters. The molecular formula is C27H25NO4. The molecule has 0 unspecified atom stereocenters. The molecule has 0 aromatic heterocycles. The summed E-state index contributed by atoms with van der Waals surface area (Å²) in [7, 11) is 0. The van der Waals surface area contributed by atoms with Gasteiger partial charge in [0.05, 0.1) is 11.4 Å². The minimum atomic E-state index is 0.0741. The van der Waals surface area contributed by atoms with Crippen molar-refractivity contribution in [3.63, 3.8) is 0 Å². The van der Waals surface area contributed by atoms with Crippen LogP contribution in [0, 0.1) is 20.8 Å². The molecule has 5 nitrogen and oxygen atoms in total. The van der Waals surface area contributed by atoms with E-state index in [1.807, 2.05) is 63.2 Å². The Kier molecular flexibility index (Phi) is 5.65. The molecule has 0 fully saturated rings. The highest BCUT2D eigenvalue weighted by Crippen LogP contribution is 2.44. The van der Waals surface area contributed by atoms with Gasteiger partial charge in [-0.2, -0.15) is 0 Å². The van der Waals surface area contributed by atoms with E-state index in [2.05, 4.69) is 0 Å². The first-order valence-electron chi connectivity index (χ1n) is 10.3. The van der Waals surface area contributed by atoms with Gasteiger partial charge in [-0.25, -0.2) is 0 Å². The third-order valence-corrected chi connectivity index (χ3v) is 5.18. The molecule has 0 bridgehead atoms. The Morgan fingerprint density at radius 3 is 1.59 bits per heavy atom. The largest absolute Gasteiger partial charge is 0.506 e. The fourth-order valence-corrected chi connectivity index (χ4v) is 3.54. The third-order valence-electron chi connectivity index (χ3n) is 5.18. The number of anilines is 3. The molecule has 0 saturated heterocycles. The lowest BCUT2D eigenvalue weighted by Crippen LogP contribution is -2.11. The van der Waals surface area contributed by atoms with E-state index < -0.39 is 0 Å². The Bertz CT molecular complexity index is 1210. The SMILES string of the molecule is Cc1ccc(Oc2ccc(N(c3cc(C)ccc3O)c3cc(C)ccc3O)cc2)c(O)c1. The van der Waals surface area contributed by atoms with Crippen molar-refractivity contribution in [3.05, 3.63) is 95.6 Å². The molecular weight excluding hydrogens is 402 g/mol. The maximum Gasteiger partial charge on any atom is 0.169 e. The van der Waals surface area contributed by atoms with Crippen molar-refractivity contribution in [2.45, 2.75) is 20.8 Å². The molecule has 0 aliphatic rings. The van der Waals surface area contributed by atoms with Gasteiger partial charge in [0.15, 0.2) is 11.5 Å². The number of phenols is 3. The van der Waals surface area contributed by atoms with Gasteiger partial charge in [0.1, 0.15) is 17.2 Å². The number of nitrogens with zero attached hydrogens (tertiary/aromatic N) is 1. The predicted molar refractivity (Wildman–Crippen MR) is 127 cm³/mol. The van der Waals surface area contributed by atoms with Gasteiger partial charge in [0.25, 0.3) is 0 Å². The van der Waals surface area contributed by atoms with Crippen LogP contribution in [0.5, 0.6) is 28.7 Å². The summed E-state index contributed by atoms with van der Waals surface area (Å²) in [6, 6.07) is 23.1. The van der Waals surface area contributed by atoms with Crippen LogP contribution in [0.4, 0.5) is 17.1 Å². The number of rotatable bonds is 5. The van der Waals surface area contributed by atoms with Crippen molar-refractivity contribution in [1.29, 1.82) is 0 Å². The summed E-state index contributed by atoms with van der Waals surface area (Å²) in [5.41, 5.74) is 4.73. The molecule has 4 aromatic rings. The number of ether oxygens (including phenoxy) is 1. The molecule has 0 radical (unpaired) electrons. The highest BCUT2D eigenvalue weighted by molar-refractivity contribution is 5.83. The Balaban J connectivity index is 1.76. The van der Waals surface area contributed by atoms with Gasteiger partial charge in [-0.15, -0.1) is 0 Å². The second-order valence-corrected chi connectivity index (χ2v) is 7.89. The average molecular weight is 428 g/mol. The van der Waals surface area contributed by atoms with Crippen LogP contribution >= 0.6 is 0 Å². The number of benzene rings is 4. The van der Waals surface area contributed by atoms with E-state index in [9.17, 15) is 15.3 Å². The van der Waals surface area contributed by atoms with Gasteiger partial charge in [0.2, 0.25) is 0 Å². The third kappa shape index (κ3) is 4.32.